The Bertz CT molecular complexity index is 1340. The van der Waals surface area contributed by atoms with Crippen molar-refractivity contribution in [2.24, 2.45) is 5.92 Å². The van der Waals surface area contributed by atoms with Gasteiger partial charge in [-0.1, -0.05) is 30.3 Å². The van der Waals surface area contributed by atoms with Gasteiger partial charge in [0.2, 0.25) is 11.8 Å². The first kappa shape index (κ1) is 19.0. The molecule has 1 N–H and O–H groups in total. The van der Waals surface area contributed by atoms with Crippen LogP contribution in [0.4, 0.5) is 5.69 Å². The molecule has 5 rings (SSSR count). The molecule has 3 aromatic rings. The minimum Gasteiger partial charge on any atom is -0.465 e. The maximum atomic E-state index is 13.8. The first-order chi connectivity index (χ1) is 14.9. The number of amides is 1. The number of nitrogens with zero attached hydrogens (tertiary/aromatic N) is 1. The molecule has 2 unspecified atom stereocenters. The lowest BCUT2D eigenvalue weighted by Crippen LogP contribution is -2.57. The number of carbonyl (C=O) groups is 2. The molecule has 8 nitrogen and oxygen atoms in total. The van der Waals surface area contributed by atoms with E-state index in [1.165, 1.54) is 4.90 Å². The van der Waals surface area contributed by atoms with Gasteiger partial charge >= 0.3 is 11.6 Å². The molecule has 8 heteroatoms. The van der Waals surface area contributed by atoms with E-state index in [9.17, 15) is 14.4 Å². The summed E-state index contributed by atoms with van der Waals surface area (Å²) >= 11 is 0. The average Bonchev–Trinajstić information content (AvgIpc) is 2.97. The number of fused-ring (bicyclic) bond motifs is 6. The van der Waals surface area contributed by atoms with Crippen LogP contribution in [0, 0.1) is 11.3 Å². The molecule has 0 saturated carbocycles. The van der Waals surface area contributed by atoms with Crippen LogP contribution in [0.3, 0.4) is 0 Å². The first-order valence-electron chi connectivity index (χ1n) is 9.79. The topological polar surface area (TPSA) is 110 Å². The van der Waals surface area contributed by atoms with Crippen molar-refractivity contribution < 1.29 is 23.5 Å². The molecular weight excluding hydrogens is 400 g/mol. The van der Waals surface area contributed by atoms with Crippen LogP contribution < -0.4 is 15.3 Å². The third-order valence-electron chi connectivity index (χ3n) is 5.92. The minimum absolute atomic E-state index is 0.0452. The van der Waals surface area contributed by atoms with Gasteiger partial charge in [-0.05, 0) is 30.7 Å². The Morgan fingerprint density at radius 1 is 1.16 bits per heavy atom. The van der Waals surface area contributed by atoms with Gasteiger partial charge in [0, 0.05) is 12.7 Å². The Labute approximate surface area is 176 Å². The van der Waals surface area contributed by atoms with Crippen molar-refractivity contribution in [2.45, 2.75) is 12.3 Å². The number of rotatable bonds is 2. The van der Waals surface area contributed by atoms with Crippen LogP contribution in [0.1, 0.15) is 18.1 Å². The summed E-state index contributed by atoms with van der Waals surface area (Å²) in [6.07, 6.45) is 0. The molecule has 2 aliphatic heterocycles. The van der Waals surface area contributed by atoms with E-state index in [-0.39, 0.29) is 23.5 Å². The number of ether oxygens (including phenoxy) is 2. The fourth-order valence-electron chi connectivity index (χ4n) is 4.70. The van der Waals surface area contributed by atoms with Crippen molar-refractivity contribution in [1.82, 2.24) is 0 Å². The summed E-state index contributed by atoms with van der Waals surface area (Å²) in [5, 5.41) is 9.03. The summed E-state index contributed by atoms with van der Waals surface area (Å²) in [5.74, 6) is -3.22. The van der Waals surface area contributed by atoms with Crippen molar-refractivity contribution in [1.29, 1.82) is 5.41 Å². The van der Waals surface area contributed by atoms with Gasteiger partial charge in [0.25, 0.3) is 0 Å². The lowest BCUT2D eigenvalue weighted by atomic mass is 9.64. The second-order valence-corrected chi connectivity index (χ2v) is 7.43. The summed E-state index contributed by atoms with van der Waals surface area (Å²) in [6, 6.07) is 13.6. The maximum Gasteiger partial charge on any atom is 0.344 e. The molecule has 2 aromatic carbocycles. The standard InChI is InChI=1S/C23H18N2O6/c1-3-29-20(26)17-19(24)31-18-12-8-4-7-11-15(12)30-21(27)16(18)23(17)13-9-5-6-10-14(13)25(2)22(23)28/h4-11,17,24H,3H2,1-2H3. The van der Waals surface area contributed by atoms with Crippen LogP contribution in [0.25, 0.3) is 11.0 Å². The maximum absolute atomic E-state index is 13.8. The largest absolute Gasteiger partial charge is 0.465 e. The number of carbonyl (C=O) groups excluding carboxylic acids is 2. The summed E-state index contributed by atoms with van der Waals surface area (Å²) in [5.41, 5.74) is -1.49. The van der Waals surface area contributed by atoms with Gasteiger partial charge in [0.05, 0.1) is 12.0 Å². The van der Waals surface area contributed by atoms with Crippen molar-refractivity contribution in [3.8, 4) is 5.75 Å². The summed E-state index contributed by atoms with van der Waals surface area (Å²) in [6.45, 7) is 1.67. The predicted molar refractivity (Wildman–Crippen MR) is 112 cm³/mol. The Morgan fingerprint density at radius 3 is 2.65 bits per heavy atom. The molecule has 0 saturated heterocycles. The quantitative estimate of drug-likeness (QED) is 0.506. The molecule has 2 aliphatic rings. The number of para-hydroxylation sites is 2. The number of hydrogen-bond donors (Lipinski definition) is 1. The average molecular weight is 418 g/mol. The third kappa shape index (κ3) is 2.30. The Morgan fingerprint density at radius 2 is 1.87 bits per heavy atom. The Balaban J connectivity index is 1.97. The Hall–Kier alpha value is -3.94. The van der Waals surface area contributed by atoms with E-state index in [4.69, 9.17) is 19.3 Å². The zero-order chi connectivity index (χ0) is 21.9. The van der Waals surface area contributed by atoms with E-state index >= 15 is 0 Å². The first-order valence-corrected chi connectivity index (χ1v) is 9.79. The predicted octanol–water partition coefficient (Wildman–Crippen LogP) is 2.60. The van der Waals surface area contributed by atoms with Gasteiger partial charge in [-0.2, -0.15) is 0 Å². The second kappa shape index (κ2) is 6.53. The van der Waals surface area contributed by atoms with Gasteiger partial charge in [0.1, 0.15) is 16.6 Å². The minimum atomic E-state index is -1.83. The molecule has 0 aliphatic carbocycles. The molecule has 156 valence electrons. The zero-order valence-electron chi connectivity index (χ0n) is 16.8. The molecule has 3 heterocycles. The molecule has 0 radical (unpaired) electrons. The van der Waals surface area contributed by atoms with E-state index in [0.29, 0.717) is 16.6 Å². The normalized spacial score (nSPS) is 21.7. The highest BCUT2D eigenvalue weighted by Gasteiger charge is 2.66. The highest BCUT2D eigenvalue weighted by atomic mass is 16.5. The zero-order valence-corrected chi connectivity index (χ0v) is 16.8. The summed E-state index contributed by atoms with van der Waals surface area (Å²) in [7, 11) is 1.57. The molecule has 1 amide bonds. The number of likely N-dealkylation sites (N-methyl/N-ethyl adjacent to an activating group) is 1. The molecule has 0 bridgehead atoms. The fraction of sp³-hybridized carbons (Fsp3) is 0.217. The molecule has 0 fully saturated rings. The SMILES string of the molecule is CCOC(=O)C1C(=N)Oc2c(c(=O)oc3ccccc23)C12C(=O)N(C)c1ccccc12. The highest BCUT2D eigenvalue weighted by molar-refractivity contribution is 6.19. The van der Waals surface area contributed by atoms with Crippen molar-refractivity contribution in [3.05, 3.63) is 70.1 Å². The van der Waals surface area contributed by atoms with Gasteiger partial charge in [-0.3, -0.25) is 15.0 Å². The van der Waals surface area contributed by atoms with Crippen molar-refractivity contribution in [3.63, 3.8) is 0 Å². The van der Waals surface area contributed by atoms with E-state index in [2.05, 4.69) is 0 Å². The van der Waals surface area contributed by atoms with Gasteiger partial charge in [-0.15, -0.1) is 0 Å². The number of nitrogens with one attached hydrogen (secondary N) is 1. The van der Waals surface area contributed by atoms with Crippen LogP contribution in [0.15, 0.2) is 57.7 Å². The van der Waals surface area contributed by atoms with Gasteiger partial charge in [-0.25, -0.2) is 4.79 Å². The molecule has 1 spiro atoms. The van der Waals surface area contributed by atoms with Crippen LogP contribution in [0.5, 0.6) is 5.75 Å². The third-order valence-corrected chi connectivity index (χ3v) is 5.92. The van der Waals surface area contributed by atoms with Gasteiger partial charge < -0.3 is 18.8 Å². The van der Waals surface area contributed by atoms with E-state index in [1.807, 2.05) is 0 Å². The molecule has 31 heavy (non-hydrogen) atoms. The van der Waals surface area contributed by atoms with Crippen LogP contribution in [-0.4, -0.2) is 31.4 Å². The lowest BCUT2D eigenvalue weighted by Gasteiger charge is -2.38. The van der Waals surface area contributed by atoms with Crippen LogP contribution in [-0.2, 0) is 19.7 Å². The van der Waals surface area contributed by atoms with Crippen molar-refractivity contribution in [2.75, 3.05) is 18.6 Å². The number of anilines is 1. The molecular formula is C23H18N2O6. The van der Waals surface area contributed by atoms with Crippen LogP contribution in [0.2, 0.25) is 0 Å². The lowest BCUT2D eigenvalue weighted by molar-refractivity contribution is -0.150. The van der Waals surface area contributed by atoms with E-state index in [1.54, 1.807) is 62.5 Å². The second-order valence-electron chi connectivity index (χ2n) is 7.43. The van der Waals surface area contributed by atoms with Gasteiger partial charge in [0.15, 0.2) is 11.7 Å². The summed E-state index contributed by atoms with van der Waals surface area (Å²) < 4.78 is 16.5. The number of benzene rings is 2. The number of hydrogen-bond acceptors (Lipinski definition) is 7. The smallest absolute Gasteiger partial charge is 0.344 e. The van der Waals surface area contributed by atoms with Crippen molar-refractivity contribution >= 4 is 34.4 Å². The molecule has 1 aromatic heterocycles. The fourth-order valence-corrected chi connectivity index (χ4v) is 4.70. The highest BCUT2D eigenvalue weighted by Crippen LogP contribution is 2.55. The Kier molecular flexibility index (Phi) is 4.01. The molecule has 2 atom stereocenters. The van der Waals surface area contributed by atoms with E-state index < -0.39 is 34.7 Å². The van der Waals surface area contributed by atoms with Crippen LogP contribution >= 0.6 is 0 Å². The van der Waals surface area contributed by atoms with E-state index in [0.717, 1.165) is 0 Å². The monoisotopic (exact) mass is 418 g/mol. The summed E-state index contributed by atoms with van der Waals surface area (Å²) in [4.78, 5) is 41.6. The number of esters is 1.